The number of nitrogens with zero attached hydrogens (tertiary/aromatic N) is 1. The lowest BCUT2D eigenvalue weighted by Crippen LogP contribution is -2.29. The van der Waals surface area contributed by atoms with E-state index < -0.39 is 8.32 Å². The van der Waals surface area contributed by atoms with Gasteiger partial charge in [-0.15, -0.1) is 0 Å². The average Bonchev–Trinajstić information content (AvgIpc) is 2.12. The van der Waals surface area contributed by atoms with Gasteiger partial charge in [-0.1, -0.05) is 17.3 Å². The summed E-state index contributed by atoms with van der Waals surface area (Å²) in [7, 11) is -0.00127. The predicted octanol–water partition coefficient (Wildman–Crippen LogP) is 2.88. The van der Waals surface area contributed by atoms with Crippen LogP contribution >= 0.6 is 0 Å². The first kappa shape index (κ1) is 11.8. The molecule has 0 bridgehead atoms. The fraction of sp³-hybridized carbons (Fsp3) is 0.364. The molecular formula is C11H17NO2Si. The van der Waals surface area contributed by atoms with Gasteiger partial charge in [0.2, 0.25) is 8.32 Å². The molecule has 0 amide bonds. The molecule has 0 aliphatic carbocycles. The summed E-state index contributed by atoms with van der Waals surface area (Å²) in [5.41, 5.74) is 0.979. The third-order valence-electron chi connectivity index (χ3n) is 1.59. The van der Waals surface area contributed by atoms with Crippen LogP contribution in [0.15, 0.2) is 29.4 Å². The highest BCUT2D eigenvalue weighted by molar-refractivity contribution is 6.70. The van der Waals surface area contributed by atoms with Gasteiger partial charge in [-0.25, -0.2) is 0 Å². The van der Waals surface area contributed by atoms with Crippen LogP contribution in [0.3, 0.4) is 0 Å². The lowest BCUT2D eigenvalue weighted by molar-refractivity contribution is 0.215. The van der Waals surface area contributed by atoms with Crippen molar-refractivity contribution in [3.05, 3.63) is 29.8 Å². The van der Waals surface area contributed by atoms with E-state index in [0.717, 1.165) is 11.3 Å². The Hall–Kier alpha value is -1.29. The average molecular weight is 223 g/mol. The van der Waals surface area contributed by atoms with Gasteiger partial charge in [-0.3, -0.25) is 0 Å². The second-order valence-electron chi connectivity index (χ2n) is 4.20. The molecule has 4 heteroatoms. The molecule has 15 heavy (non-hydrogen) atoms. The highest BCUT2D eigenvalue weighted by Crippen LogP contribution is 2.16. The van der Waals surface area contributed by atoms with E-state index in [4.69, 9.17) is 4.43 Å². The molecule has 0 atom stereocenters. The van der Waals surface area contributed by atoms with E-state index in [9.17, 15) is 0 Å². The van der Waals surface area contributed by atoms with Crippen LogP contribution in [0, 0.1) is 0 Å². The number of hydrogen-bond acceptors (Lipinski definition) is 3. The first-order chi connectivity index (χ1) is 7.01. The molecule has 3 nitrogen and oxygen atoms in total. The molecule has 0 aliphatic heterocycles. The smallest absolute Gasteiger partial charge is 0.242 e. The molecule has 82 valence electrons. The minimum Gasteiger partial charge on any atom is -0.544 e. The molecule has 0 saturated heterocycles. The zero-order chi connectivity index (χ0) is 11.3. The highest BCUT2D eigenvalue weighted by Gasteiger charge is 2.15. The first-order valence-electron chi connectivity index (χ1n) is 4.87. The molecule has 1 rings (SSSR count). The van der Waals surface area contributed by atoms with Crippen LogP contribution in [0.1, 0.15) is 5.56 Å². The standard InChI is InChI=1S/C11H17NO2Si/c1-13-12-9-10-6-5-7-11(8-10)14-15(2,3)4/h5-9H,1-4H3/b12-9+. The van der Waals surface area contributed by atoms with E-state index >= 15 is 0 Å². The van der Waals surface area contributed by atoms with Gasteiger partial charge in [-0.2, -0.15) is 0 Å². The van der Waals surface area contributed by atoms with Crippen molar-refractivity contribution in [1.82, 2.24) is 0 Å². The van der Waals surface area contributed by atoms with Crippen molar-refractivity contribution in [2.45, 2.75) is 19.6 Å². The van der Waals surface area contributed by atoms with Gasteiger partial charge >= 0.3 is 0 Å². The molecule has 0 spiro atoms. The monoisotopic (exact) mass is 223 g/mol. The van der Waals surface area contributed by atoms with E-state index in [1.807, 2.05) is 24.3 Å². The van der Waals surface area contributed by atoms with Crippen molar-refractivity contribution in [2.24, 2.45) is 5.16 Å². The summed E-state index contributed by atoms with van der Waals surface area (Å²) in [4.78, 5) is 4.62. The van der Waals surface area contributed by atoms with Gasteiger partial charge in [-0.05, 0) is 37.3 Å². The van der Waals surface area contributed by atoms with E-state index in [1.54, 1.807) is 6.21 Å². The lowest BCUT2D eigenvalue weighted by Gasteiger charge is -2.19. The van der Waals surface area contributed by atoms with Gasteiger partial charge in [0.25, 0.3) is 0 Å². The molecule has 1 aromatic rings. The first-order valence-corrected chi connectivity index (χ1v) is 8.28. The summed E-state index contributed by atoms with van der Waals surface area (Å²) in [5, 5.41) is 3.71. The van der Waals surface area contributed by atoms with Crippen LogP contribution in [0.5, 0.6) is 5.75 Å². The van der Waals surface area contributed by atoms with Crippen molar-refractivity contribution in [2.75, 3.05) is 7.11 Å². The van der Waals surface area contributed by atoms with Crippen LogP contribution in [0.2, 0.25) is 19.6 Å². The van der Waals surface area contributed by atoms with E-state index in [0.29, 0.717) is 0 Å². The number of benzene rings is 1. The van der Waals surface area contributed by atoms with E-state index in [2.05, 4.69) is 29.6 Å². The summed E-state index contributed by atoms with van der Waals surface area (Å²) < 4.78 is 5.86. The minimum atomic E-state index is -1.53. The maximum Gasteiger partial charge on any atom is 0.242 e. The summed E-state index contributed by atoms with van der Waals surface area (Å²) in [6, 6.07) is 7.83. The van der Waals surface area contributed by atoms with Crippen molar-refractivity contribution < 1.29 is 9.26 Å². The molecule has 0 radical (unpaired) electrons. The van der Waals surface area contributed by atoms with Crippen molar-refractivity contribution >= 4 is 14.5 Å². The van der Waals surface area contributed by atoms with Crippen LogP contribution in [0.4, 0.5) is 0 Å². The Balaban J connectivity index is 2.79. The van der Waals surface area contributed by atoms with Crippen LogP contribution in [0.25, 0.3) is 0 Å². The number of rotatable bonds is 4. The maximum atomic E-state index is 5.86. The second-order valence-corrected chi connectivity index (χ2v) is 8.63. The third-order valence-corrected chi connectivity index (χ3v) is 2.44. The summed E-state index contributed by atoms with van der Waals surface area (Å²) in [6.07, 6.45) is 1.66. The molecule has 0 saturated carbocycles. The molecule has 0 aromatic heterocycles. The topological polar surface area (TPSA) is 30.8 Å². The number of hydrogen-bond donors (Lipinski definition) is 0. The minimum absolute atomic E-state index is 0.897. The summed E-state index contributed by atoms with van der Waals surface area (Å²) >= 11 is 0. The molecule has 0 aliphatic rings. The largest absolute Gasteiger partial charge is 0.544 e. The Morgan fingerprint density at radius 1 is 1.27 bits per heavy atom. The fourth-order valence-electron chi connectivity index (χ4n) is 1.13. The number of oxime groups is 1. The summed E-state index contributed by atoms with van der Waals surface area (Å²) in [5.74, 6) is 0.897. The Bertz CT molecular complexity index is 345. The highest BCUT2D eigenvalue weighted by atomic mass is 28.4. The van der Waals surface area contributed by atoms with Gasteiger partial charge in [0.1, 0.15) is 12.9 Å². The quantitative estimate of drug-likeness (QED) is 0.446. The second kappa shape index (κ2) is 4.98. The van der Waals surface area contributed by atoms with Gasteiger partial charge in [0.05, 0.1) is 6.21 Å². The third kappa shape index (κ3) is 4.65. The van der Waals surface area contributed by atoms with Crippen LogP contribution < -0.4 is 4.43 Å². The molecule has 0 N–H and O–H groups in total. The Kier molecular flexibility index (Phi) is 3.91. The molecule has 0 heterocycles. The molecule has 0 fully saturated rings. The maximum absolute atomic E-state index is 5.86. The van der Waals surface area contributed by atoms with Crippen molar-refractivity contribution in [3.63, 3.8) is 0 Å². The van der Waals surface area contributed by atoms with Gasteiger partial charge < -0.3 is 9.26 Å². The SMILES string of the molecule is CO/N=C/c1cccc(O[Si](C)(C)C)c1. The van der Waals surface area contributed by atoms with Crippen LogP contribution in [-0.2, 0) is 4.84 Å². The lowest BCUT2D eigenvalue weighted by atomic mass is 10.2. The molecule has 0 unspecified atom stereocenters. The zero-order valence-electron chi connectivity index (χ0n) is 9.65. The molecular weight excluding hydrogens is 206 g/mol. The van der Waals surface area contributed by atoms with Crippen LogP contribution in [-0.4, -0.2) is 21.6 Å². The van der Waals surface area contributed by atoms with Gasteiger partial charge in [0.15, 0.2) is 0 Å². The molecule has 1 aromatic carbocycles. The van der Waals surface area contributed by atoms with Gasteiger partial charge in [0, 0.05) is 0 Å². The predicted molar refractivity (Wildman–Crippen MR) is 65.0 cm³/mol. The fourth-order valence-corrected chi connectivity index (χ4v) is 1.96. The summed E-state index contributed by atoms with van der Waals surface area (Å²) in [6.45, 7) is 6.47. The zero-order valence-corrected chi connectivity index (χ0v) is 10.7. The Morgan fingerprint density at radius 2 is 2.00 bits per heavy atom. The van der Waals surface area contributed by atoms with Crippen molar-refractivity contribution in [3.8, 4) is 5.75 Å². The Labute approximate surface area is 91.8 Å². The van der Waals surface area contributed by atoms with Crippen molar-refractivity contribution in [1.29, 1.82) is 0 Å². The van der Waals surface area contributed by atoms with E-state index in [1.165, 1.54) is 7.11 Å². The normalized spacial score (nSPS) is 11.7. The van der Waals surface area contributed by atoms with E-state index in [-0.39, 0.29) is 0 Å². The Morgan fingerprint density at radius 3 is 2.60 bits per heavy atom.